The van der Waals surface area contributed by atoms with Crippen molar-refractivity contribution in [3.63, 3.8) is 0 Å². The fourth-order valence-corrected chi connectivity index (χ4v) is 2.49. The molecule has 0 saturated heterocycles. The van der Waals surface area contributed by atoms with E-state index in [1.807, 2.05) is 12.1 Å². The number of benzene rings is 1. The first-order valence-corrected chi connectivity index (χ1v) is 7.06. The summed E-state index contributed by atoms with van der Waals surface area (Å²) in [7, 11) is -4.17. The van der Waals surface area contributed by atoms with Crippen LogP contribution in [0.15, 0.2) is 24.3 Å². The number of anilines is 1. The van der Waals surface area contributed by atoms with Crippen molar-refractivity contribution in [1.82, 2.24) is 0 Å². The molecule has 0 aliphatic heterocycles. The first-order valence-electron chi connectivity index (χ1n) is 3.96. The zero-order valence-electron chi connectivity index (χ0n) is 9.38. The number of nitrogen functional groups attached to an aromatic ring is 1. The van der Waals surface area contributed by atoms with Gasteiger partial charge in [0.05, 0.1) is 0 Å². The van der Waals surface area contributed by atoms with Gasteiger partial charge in [-0.2, -0.15) is 0 Å². The number of nitrogens with two attached hydrogens (primary N) is 1. The normalized spacial score (nSPS) is 10.3. The van der Waals surface area contributed by atoms with Crippen molar-refractivity contribution in [3.8, 4) is 0 Å². The summed E-state index contributed by atoms with van der Waals surface area (Å²) in [5.41, 5.74) is 7.13. The second kappa shape index (κ2) is 9.24. The molecule has 1 rings (SSSR count). The van der Waals surface area contributed by atoms with Crippen LogP contribution in [0.5, 0.6) is 0 Å². The Morgan fingerprint density at radius 1 is 1.19 bits per heavy atom. The second-order valence-electron chi connectivity index (χ2n) is 2.77. The summed E-state index contributed by atoms with van der Waals surface area (Å²) in [6.07, 6.45) is 0.573. The molecular formula is C8H11NNa2O3S2. The monoisotopic (exact) mass is 279 g/mol. The molecule has 2 N–H and O–H groups in total. The van der Waals surface area contributed by atoms with Gasteiger partial charge in [-0.3, -0.25) is 8.42 Å². The Kier molecular flexibility index (Phi) is 11.3. The van der Waals surface area contributed by atoms with Crippen molar-refractivity contribution >= 4 is 25.6 Å². The molecule has 0 heterocycles. The Morgan fingerprint density at radius 3 is 2.12 bits per heavy atom. The average Bonchev–Trinajstić information content (AvgIpc) is 2.06. The molecule has 0 atom stereocenters. The minimum Gasteiger partial charge on any atom is -0.766 e. The topological polar surface area (TPSA) is 83.2 Å². The van der Waals surface area contributed by atoms with Crippen LogP contribution in [-0.4, -0.2) is 18.7 Å². The van der Waals surface area contributed by atoms with Crippen LogP contribution in [0.3, 0.4) is 0 Å². The fourth-order valence-electron chi connectivity index (χ4n) is 0.971. The SMILES string of the molecule is Nc1ccc(CC[SH-]S(=O)(=O)[O-])cc1.[Na+].[Na+]. The molecule has 1 aromatic carbocycles. The van der Waals surface area contributed by atoms with E-state index in [1.54, 1.807) is 12.1 Å². The maximum absolute atomic E-state index is 10.3. The van der Waals surface area contributed by atoms with Crippen LogP contribution in [0.2, 0.25) is 0 Å². The van der Waals surface area contributed by atoms with E-state index in [1.165, 1.54) is 0 Å². The van der Waals surface area contributed by atoms with Crippen LogP contribution in [0.25, 0.3) is 0 Å². The molecule has 4 nitrogen and oxygen atoms in total. The second-order valence-corrected chi connectivity index (χ2v) is 6.45. The molecule has 80 valence electrons. The van der Waals surface area contributed by atoms with Gasteiger partial charge in [-0.15, -0.1) is 5.75 Å². The zero-order chi connectivity index (χ0) is 10.6. The molecule has 0 amide bonds. The molecule has 16 heavy (non-hydrogen) atoms. The van der Waals surface area contributed by atoms with Gasteiger partial charge >= 0.3 is 59.1 Å². The van der Waals surface area contributed by atoms with Gasteiger partial charge in [0, 0.05) is 14.8 Å². The van der Waals surface area contributed by atoms with Crippen molar-refractivity contribution in [2.75, 3.05) is 11.5 Å². The van der Waals surface area contributed by atoms with Gasteiger partial charge in [0.15, 0.2) is 0 Å². The van der Waals surface area contributed by atoms with Gasteiger partial charge in [0.2, 0.25) is 0 Å². The predicted octanol–water partition coefficient (Wildman–Crippen LogP) is -5.91. The van der Waals surface area contributed by atoms with Crippen LogP contribution >= 0.6 is 0 Å². The van der Waals surface area contributed by atoms with Crippen LogP contribution in [0.1, 0.15) is 5.56 Å². The number of hydrogen-bond acceptors (Lipinski definition) is 5. The third-order valence-corrected chi connectivity index (χ3v) is 3.85. The van der Waals surface area contributed by atoms with E-state index in [4.69, 9.17) is 5.73 Å². The summed E-state index contributed by atoms with van der Waals surface area (Å²) >= 11 is 0. The van der Waals surface area contributed by atoms with Crippen LogP contribution in [0, 0.1) is 0 Å². The van der Waals surface area contributed by atoms with Gasteiger partial charge in [-0.25, -0.2) is 0 Å². The van der Waals surface area contributed by atoms with Crippen LogP contribution in [-0.2, 0) is 26.4 Å². The Morgan fingerprint density at radius 2 is 1.69 bits per heavy atom. The van der Waals surface area contributed by atoms with E-state index in [0.717, 1.165) is 5.56 Å². The molecule has 0 aromatic heterocycles. The average molecular weight is 279 g/mol. The van der Waals surface area contributed by atoms with Gasteiger partial charge in [-0.1, -0.05) is 12.1 Å². The molecule has 8 heteroatoms. The smallest absolute Gasteiger partial charge is 0.766 e. The molecule has 1 aromatic rings. The Hall–Kier alpha value is 1.28. The number of aryl methyl sites for hydroxylation is 1. The van der Waals surface area contributed by atoms with E-state index in [9.17, 15) is 13.0 Å². The summed E-state index contributed by atoms with van der Waals surface area (Å²) in [6.45, 7) is 0. The van der Waals surface area contributed by atoms with E-state index in [2.05, 4.69) is 0 Å². The summed E-state index contributed by atoms with van der Waals surface area (Å²) in [5, 5.41) is 0. The van der Waals surface area contributed by atoms with Gasteiger partial charge < -0.3 is 21.1 Å². The van der Waals surface area contributed by atoms with Crippen LogP contribution < -0.4 is 64.8 Å². The van der Waals surface area contributed by atoms with Crippen molar-refractivity contribution in [1.29, 1.82) is 0 Å². The fraction of sp³-hybridized carbons (Fsp3) is 0.250. The standard InChI is InChI=1S/C8H12NO3S2.2Na/c9-8-3-1-7(2-4-8)5-6-13-14(10,11)12;;/h1-4,13H,5-6,9H2,(H,10,11,12);;/q-1;2*+1/p-1. The van der Waals surface area contributed by atoms with Crippen molar-refractivity contribution < 1.29 is 72.1 Å². The largest absolute Gasteiger partial charge is 1.00 e. The van der Waals surface area contributed by atoms with Crippen molar-refractivity contribution in [3.05, 3.63) is 29.8 Å². The van der Waals surface area contributed by atoms with E-state index in [-0.39, 0.29) is 69.9 Å². The minimum absolute atomic E-state index is 0. The van der Waals surface area contributed by atoms with Crippen LogP contribution in [0.4, 0.5) is 5.69 Å². The molecule has 0 spiro atoms. The summed E-state index contributed by atoms with van der Waals surface area (Å²) < 4.78 is 30.9. The molecule has 0 aliphatic rings. The Balaban J connectivity index is 0. The summed E-state index contributed by atoms with van der Waals surface area (Å²) in [5.74, 6) is 0.329. The number of rotatable bonds is 4. The van der Waals surface area contributed by atoms with E-state index < -0.39 is 9.15 Å². The molecule has 0 bridgehead atoms. The van der Waals surface area contributed by atoms with Gasteiger partial charge in [-0.05, 0) is 24.1 Å². The first kappa shape index (κ1) is 19.6. The van der Waals surface area contributed by atoms with E-state index >= 15 is 0 Å². The van der Waals surface area contributed by atoms with Crippen molar-refractivity contribution in [2.45, 2.75) is 6.42 Å². The maximum atomic E-state index is 10.3. The summed E-state index contributed by atoms with van der Waals surface area (Å²) in [4.78, 5) is 0. The molecule has 0 fully saturated rings. The maximum Gasteiger partial charge on any atom is 1.00 e. The van der Waals surface area contributed by atoms with Crippen molar-refractivity contribution in [2.24, 2.45) is 0 Å². The number of hydrogen-bond donors (Lipinski definition) is 1. The van der Waals surface area contributed by atoms with E-state index in [0.29, 0.717) is 17.9 Å². The molecular weight excluding hydrogens is 268 g/mol. The summed E-state index contributed by atoms with van der Waals surface area (Å²) in [6, 6.07) is 7.14. The van der Waals surface area contributed by atoms with Gasteiger partial charge in [0.25, 0.3) is 0 Å². The molecule has 0 radical (unpaired) electrons. The van der Waals surface area contributed by atoms with Gasteiger partial charge in [0.1, 0.15) is 0 Å². The molecule has 0 saturated carbocycles. The third-order valence-electron chi connectivity index (χ3n) is 1.63. The molecule has 0 aliphatic carbocycles. The first-order chi connectivity index (χ1) is 6.47. The predicted molar refractivity (Wildman–Crippen MR) is 57.9 cm³/mol. The Bertz CT molecular complexity index is 394. The number of thiol groups is 1. The quantitative estimate of drug-likeness (QED) is 0.149. The molecule has 0 unspecified atom stereocenters. The Labute approximate surface area is 143 Å². The zero-order valence-corrected chi connectivity index (χ0v) is 15.1. The third kappa shape index (κ3) is 9.32. The minimum atomic E-state index is -4.10.